The summed E-state index contributed by atoms with van der Waals surface area (Å²) < 4.78 is 29.3. The summed E-state index contributed by atoms with van der Waals surface area (Å²) in [5.41, 5.74) is 0.0798. The third-order valence-corrected chi connectivity index (χ3v) is 8.12. The number of hydrogen-bond donors (Lipinski definition) is 0. The summed E-state index contributed by atoms with van der Waals surface area (Å²) in [6, 6.07) is 0. The monoisotopic (exact) mass is 372 g/mol. The SMILES string of the molecule is CCOC(=O)/C(=C/[C@@H]1[C@H]2[C@H](C)CC[C@H]2C1(C)C)P(=O)(OCC)OCC. The third kappa shape index (κ3) is 3.74. The van der Waals surface area contributed by atoms with Gasteiger partial charge < -0.3 is 13.8 Å². The fraction of sp³-hybridized carbons (Fsp3) is 0.842. The Labute approximate surface area is 152 Å². The van der Waals surface area contributed by atoms with Crippen LogP contribution in [0.1, 0.15) is 54.4 Å². The molecule has 2 saturated carbocycles. The van der Waals surface area contributed by atoms with Gasteiger partial charge in [-0.3, -0.25) is 4.57 Å². The van der Waals surface area contributed by atoms with E-state index in [2.05, 4.69) is 20.8 Å². The Bertz CT molecular complexity index is 558. The highest BCUT2D eigenvalue weighted by atomic mass is 31.2. The molecular weight excluding hydrogens is 339 g/mol. The first-order valence-corrected chi connectivity index (χ1v) is 11.1. The van der Waals surface area contributed by atoms with E-state index in [9.17, 15) is 9.36 Å². The lowest BCUT2D eigenvalue weighted by Crippen LogP contribution is -2.51. The second-order valence-electron chi connectivity index (χ2n) is 7.69. The van der Waals surface area contributed by atoms with Gasteiger partial charge in [0.15, 0.2) is 0 Å². The zero-order chi connectivity index (χ0) is 18.8. The minimum Gasteiger partial charge on any atom is -0.462 e. The van der Waals surface area contributed by atoms with Crippen LogP contribution in [0.2, 0.25) is 0 Å². The van der Waals surface area contributed by atoms with Gasteiger partial charge in [-0.15, -0.1) is 0 Å². The molecule has 0 unspecified atom stereocenters. The summed E-state index contributed by atoms with van der Waals surface area (Å²) in [6.45, 7) is 12.6. The first-order chi connectivity index (χ1) is 11.7. The van der Waals surface area contributed by atoms with E-state index in [1.807, 2.05) is 6.08 Å². The molecule has 0 heterocycles. The van der Waals surface area contributed by atoms with E-state index in [4.69, 9.17) is 13.8 Å². The number of carbonyl (C=O) groups excluding carboxylic acids is 1. The van der Waals surface area contributed by atoms with Gasteiger partial charge in [-0.25, -0.2) is 4.79 Å². The van der Waals surface area contributed by atoms with Crippen molar-refractivity contribution < 1.29 is 23.1 Å². The Morgan fingerprint density at radius 1 is 1.12 bits per heavy atom. The highest BCUT2D eigenvalue weighted by molar-refractivity contribution is 7.59. The first kappa shape index (κ1) is 20.7. The minimum atomic E-state index is -3.67. The molecule has 25 heavy (non-hydrogen) atoms. The molecule has 4 atom stereocenters. The summed E-state index contributed by atoms with van der Waals surface area (Å²) in [4.78, 5) is 12.6. The summed E-state index contributed by atoms with van der Waals surface area (Å²) in [5, 5.41) is 0.0775. The maximum atomic E-state index is 13.3. The number of hydrogen-bond acceptors (Lipinski definition) is 5. The van der Waals surface area contributed by atoms with E-state index in [1.54, 1.807) is 20.8 Å². The van der Waals surface area contributed by atoms with Crippen molar-refractivity contribution in [3.8, 4) is 0 Å². The normalized spacial score (nSPS) is 31.4. The molecule has 0 spiro atoms. The summed E-state index contributed by atoms with van der Waals surface area (Å²) in [7, 11) is -3.67. The molecule has 0 amide bonds. The van der Waals surface area contributed by atoms with Gasteiger partial charge in [0.2, 0.25) is 0 Å². The number of allylic oxidation sites excluding steroid dienone is 1. The zero-order valence-electron chi connectivity index (χ0n) is 16.4. The van der Waals surface area contributed by atoms with Gasteiger partial charge in [-0.1, -0.05) is 33.3 Å². The highest BCUT2D eigenvalue weighted by Crippen LogP contribution is 2.67. The van der Waals surface area contributed by atoms with Gasteiger partial charge in [0.05, 0.1) is 19.8 Å². The number of rotatable bonds is 8. The molecule has 0 saturated heterocycles. The van der Waals surface area contributed by atoms with E-state index in [1.165, 1.54) is 12.8 Å². The fourth-order valence-corrected chi connectivity index (χ4v) is 6.47. The largest absolute Gasteiger partial charge is 0.462 e. The Balaban J connectivity index is 2.42. The molecule has 0 aromatic rings. The predicted molar refractivity (Wildman–Crippen MR) is 98.2 cm³/mol. The molecule has 2 aliphatic carbocycles. The summed E-state index contributed by atoms with van der Waals surface area (Å²) >= 11 is 0. The number of fused-ring (bicyclic) bond motifs is 1. The van der Waals surface area contributed by atoms with Crippen LogP contribution in [-0.4, -0.2) is 25.8 Å². The lowest BCUT2D eigenvalue weighted by Gasteiger charge is -2.56. The van der Waals surface area contributed by atoms with Crippen molar-refractivity contribution in [3.05, 3.63) is 11.4 Å². The molecule has 144 valence electrons. The number of ether oxygens (including phenoxy) is 1. The molecular formula is C19H33O5P. The lowest BCUT2D eigenvalue weighted by atomic mass is 9.48. The van der Waals surface area contributed by atoms with Gasteiger partial charge in [0.1, 0.15) is 5.31 Å². The Hall–Kier alpha value is -0.640. The molecule has 0 radical (unpaired) electrons. The lowest BCUT2D eigenvalue weighted by molar-refractivity contribution is -0.138. The highest BCUT2D eigenvalue weighted by Gasteiger charge is 2.59. The zero-order valence-corrected chi connectivity index (χ0v) is 17.3. The summed E-state index contributed by atoms with van der Waals surface area (Å²) in [5.74, 6) is 1.39. The molecule has 0 aromatic heterocycles. The quantitative estimate of drug-likeness (QED) is 0.340. The molecule has 6 heteroatoms. The van der Waals surface area contributed by atoms with Crippen molar-refractivity contribution in [2.45, 2.75) is 54.4 Å². The van der Waals surface area contributed by atoms with Crippen LogP contribution >= 0.6 is 7.60 Å². The Morgan fingerprint density at radius 3 is 2.24 bits per heavy atom. The number of carbonyl (C=O) groups is 1. The fourth-order valence-electron chi connectivity index (χ4n) is 4.81. The van der Waals surface area contributed by atoms with Crippen molar-refractivity contribution in [3.63, 3.8) is 0 Å². The molecule has 0 N–H and O–H groups in total. The Kier molecular flexibility index (Phi) is 6.56. The van der Waals surface area contributed by atoms with Crippen molar-refractivity contribution >= 4 is 13.6 Å². The second-order valence-corrected chi connectivity index (χ2v) is 9.68. The van der Waals surface area contributed by atoms with E-state index in [0.717, 1.165) is 0 Å². The van der Waals surface area contributed by atoms with Crippen LogP contribution in [0, 0.1) is 29.1 Å². The van der Waals surface area contributed by atoms with Gasteiger partial charge in [-0.2, -0.15) is 0 Å². The van der Waals surface area contributed by atoms with Crippen molar-refractivity contribution in [1.29, 1.82) is 0 Å². The van der Waals surface area contributed by atoms with Crippen molar-refractivity contribution in [1.82, 2.24) is 0 Å². The van der Waals surface area contributed by atoms with Crippen LogP contribution in [0.25, 0.3) is 0 Å². The first-order valence-electron chi connectivity index (χ1n) is 9.51. The summed E-state index contributed by atoms with van der Waals surface area (Å²) in [6.07, 6.45) is 4.30. The topological polar surface area (TPSA) is 61.8 Å². The van der Waals surface area contributed by atoms with Crippen LogP contribution in [0.15, 0.2) is 11.4 Å². The molecule has 0 bridgehead atoms. The van der Waals surface area contributed by atoms with Crippen LogP contribution in [0.3, 0.4) is 0 Å². The van der Waals surface area contributed by atoms with E-state index >= 15 is 0 Å². The standard InChI is InChI=1S/C19H33O5P/c1-7-22-18(20)16(25(21,23-8-2)24-9-3)12-15-17-13(4)10-11-14(17)19(15,5)6/h12-15,17H,7-11H2,1-6H3/b16-12-/t13-,14-,15-,17+/m1/s1. The molecule has 0 aliphatic heterocycles. The van der Waals surface area contributed by atoms with Gasteiger partial charge in [0.25, 0.3) is 0 Å². The second kappa shape index (κ2) is 7.94. The van der Waals surface area contributed by atoms with Crippen LogP contribution < -0.4 is 0 Å². The Morgan fingerprint density at radius 2 is 1.72 bits per heavy atom. The maximum absolute atomic E-state index is 13.3. The molecule has 2 rings (SSSR count). The molecule has 0 aromatic carbocycles. The number of esters is 1. The van der Waals surface area contributed by atoms with Crippen molar-refractivity contribution in [2.75, 3.05) is 19.8 Å². The molecule has 2 aliphatic rings. The third-order valence-electron chi connectivity index (χ3n) is 6.00. The van der Waals surface area contributed by atoms with Gasteiger partial charge in [0, 0.05) is 0 Å². The van der Waals surface area contributed by atoms with E-state index in [0.29, 0.717) is 17.8 Å². The molecule has 5 nitrogen and oxygen atoms in total. The minimum absolute atomic E-state index is 0.0775. The average Bonchev–Trinajstić information content (AvgIpc) is 2.87. The van der Waals surface area contributed by atoms with Gasteiger partial charge >= 0.3 is 13.6 Å². The van der Waals surface area contributed by atoms with E-state index in [-0.39, 0.29) is 36.5 Å². The van der Waals surface area contributed by atoms with Crippen LogP contribution in [0.5, 0.6) is 0 Å². The van der Waals surface area contributed by atoms with Crippen molar-refractivity contribution in [2.24, 2.45) is 29.1 Å². The average molecular weight is 372 g/mol. The van der Waals surface area contributed by atoms with Gasteiger partial charge in [-0.05, 0) is 56.3 Å². The molecule has 2 fully saturated rings. The maximum Gasteiger partial charge on any atom is 0.368 e. The predicted octanol–water partition coefficient (Wildman–Crippen LogP) is 5.02. The van der Waals surface area contributed by atoms with E-state index < -0.39 is 13.6 Å². The van der Waals surface area contributed by atoms with Crippen LogP contribution in [-0.2, 0) is 23.1 Å². The van der Waals surface area contributed by atoms with Crippen LogP contribution in [0.4, 0.5) is 0 Å². The smallest absolute Gasteiger partial charge is 0.368 e.